The zero-order chi connectivity index (χ0) is 35.3. The van der Waals surface area contributed by atoms with Gasteiger partial charge in [0.15, 0.2) is 17.6 Å². The van der Waals surface area contributed by atoms with Crippen molar-refractivity contribution < 1.29 is 68.5 Å². The van der Waals surface area contributed by atoms with Crippen LogP contribution in [-0.4, -0.2) is 122 Å². The molecular weight excluding hydrogens is 638 g/mol. The Morgan fingerprint density at radius 1 is 0.979 bits per heavy atom. The predicted octanol–water partition coefficient (Wildman–Crippen LogP) is -1.56. The van der Waals surface area contributed by atoms with E-state index in [1.54, 1.807) is 6.07 Å². The van der Waals surface area contributed by atoms with E-state index in [1.165, 1.54) is 12.1 Å². The van der Waals surface area contributed by atoms with Crippen LogP contribution in [0.25, 0.3) is 0 Å². The molecule has 0 saturated carbocycles. The number of esters is 2. The Hall–Kier alpha value is -4.74. The molecule has 2 heterocycles. The summed E-state index contributed by atoms with van der Waals surface area (Å²) in [5.41, 5.74) is -1.40. The molecule has 17 heteroatoms. The van der Waals surface area contributed by atoms with Crippen LogP contribution < -0.4 is 15.4 Å². The van der Waals surface area contributed by atoms with E-state index in [0.717, 1.165) is 19.4 Å². The number of piperidine rings is 1. The number of nitrogens with zero attached hydrogens (tertiary/aromatic N) is 1. The molecule has 7 N–H and O–H groups in total. The first-order valence-electron chi connectivity index (χ1n) is 15.3. The summed E-state index contributed by atoms with van der Waals surface area (Å²) in [6.45, 7) is 2.72. The molecule has 17 nitrogen and oxygen atoms in total. The zero-order valence-corrected chi connectivity index (χ0v) is 26.3. The number of likely N-dealkylation sites (tertiary alicyclic amines) is 1. The number of aromatic hydroxyl groups is 1. The van der Waals surface area contributed by atoms with Gasteiger partial charge >= 0.3 is 23.9 Å². The Balaban J connectivity index is 1.51. The summed E-state index contributed by atoms with van der Waals surface area (Å²) in [4.78, 5) is 76.4. The summed E-state index contributed by atoms with van der Waals surface area (Å²) in [6.07, 6.45) is -3.82. The lowest BCUT2D eigenvalue weighted by molar-refractivity contribution is -0.207. The summed E-state index contributed by atoms with van der Waals surface area (Å²) < 4.78 is 18.3. The first-order chi connectivity index (χ1) is 22.5. The molecule has 2 amide bonds. The van der Waals surface area contributed by atoms with Crippen molar-refractivity contribution in [2.24, 2.45) is 0 Å². The average Bonchev–Trinajstić information content (AvgIpc) is 3.36. The van der Waals surface area contributed by atoms with E-state index in [9.17, 15) is 54.3 Å². The highest BCUT2D eigenvalue weighted by atomic mass is 16.6. The molecule has 1 fully saturated rings. The molecule has 0 aromatic heterocycles. The number of rotatable bonds is 12. The molecule has 5 rings (SSSR count). The average molecular weight is 676 g/mol. The summed E-state index contributed by atoms with van der Waals surface area (Å²) in [7, 11) is 1.83. The van der Waals surface area contributed by atoms with Gasteiger partial charge in [0.2, 0.25) is 11.8 Å². The van der Waals surface area contributed by atoms with Gasteiger partial charge in [-0.2, -0.15) is 0 Å². The lowest BCUT2D eigenvalue weighted by Gasteiger charge is -2.62. The maximum absolute atomic E-state index is 13.6. The predicted molar refractivity (Wildman–Crippen MR) is 158 cm³/mol. The topological polar surface area (TPSA) is 259 Å². The Kier molecular flexibility index (Phi) is 9.15. The fourth-order valence-corrected chi connectivity index (χ4v) is 7.34. The quantitative estimate of drug-likeness (QED) is 0.124. The third-order valence-corrected chi connectivity index (χ3v) is 9.57. The van der Waals surface area contributed by atoms with Gasteiger partial charge in [-0.25, -0.2) is 9.59 Å². The molecule has 2 bridgehead atoms. The highest BCUT2D eigenvalue weighted by Crippen LogP contribution is 2.66. The van der Waals surface area contributed by atoms with E-state index in [4.69, 9.17) is 14.2 Å². The van der Waals surface area contributed by atoms with E-state index in [-0.39, 0.29) is 30.1 Å². The normalized spacial score (nSPS) is 27.5. The molecule has 8 atom stereocenters. The summed E-state index contributed by atoms with van der Waals surface area (Å²) >= 11 is 0. The number of phenols is 1. The van der Waals surface area contributed by atoms with Crippen LogP contribution in [0.5, 0.6) is 11.5 Å². The highest BCUT2D eigenvalue weighted by Gasteiger charge is 2.74. The van der Waals surface area contributed by atoms with Gasteiger partial charge in [-0.3, -0.25) is 24.1 Å². The first-order valence-corrected chi connectivity index (χ1v) is 15.3. The second-order valence-electron chi connectivity index (χ2n) is 12.6. The molecule has 4 aliphatic rings. The standard InChI is InChI=1S/C31H37N3O14/c1-13(35)26(40)32-16(28(42)43)11-21(38)46-19-6-7-31(48-22(39)12-17(29(44)45)33-27(41)14(2)36)20-10-15-4-5-18(37)24-23(15)30(31,25(19)47-24)8-9-34(20)3/h4-6,13-14,16-17,20,25,35-37H,7-12H2,1-3H3,(H,32,40)(H,33,41)(H,42,43)(H,44,45)/t13-,14-,16-,17-,20+,25-,30-,31+/m0/s1. The summed E-state index contributed by atoms with van der Waals surface area (Å²) in [6, 6.07) is -0.767. The van der Waals surface area contributed by atoms with Crippen molar-refractivity contribution in [2.45, 2.75) is 93.4 Å². The number of aliphatic hydroxyl groups excluding tert-OH is 2. The minimum Gasteiger partial charge on any atom is -0.504 e. The third kappa shape index (κ3) is 5.71. The first kappa shape index (κ1) is 34.6. The smallest absolute Gasteiger partial charge is 0.326 e. The van der Waals surface area contributed by atoms with E-state index in [0.29, 0.717) is 18.5 Å². The third-order valence-electron chi connectivity index (χ3n) is 9.57. The van der Waals surface area contributed by atoms with Gasteiger partial charge < -0.3 is 50.4 Å². The Morgan fingerprint density at radius 2 is 1.56 bits per heavy atom. The monoisotopic (exact) mass is 675 g/mol. The molecule has 1 aromatic rings. The number of nitrogens with one attached hydrogen (secondary N) is 2. The van der Waals surface area contributed by atoms with Gasteiger partial charge in [0, 0.05) is 12.0 Å². The lowest BCUT2D eigenvalue weighted by atomic mass is 9.50. The molecule has 1 spiro atoms. The van der Waals surface area contributed by atoms with E-state index in [2.05, 4.69) is 10.6 Å². The van der Waals surface area contributed by atoms with Crippen LogP contribution >= 0.6 is 0 Å². The fourth-order valence-electron chi connectivity index (χ4n) is 7.34. The molecule has 260 valence electrons. The minimum absolute atomic E-state index is 0.0444. The van der Waals surface area contributed by atoms with Crippen molar-refractivity contribution in [3.05, 3.63) is 35.1 Å². The molecule has 2 aliphatic carbocycles. The number of phenolic OH excluding ortho intramolecular Hbond substituents is 1. The van der Waals surface area contributed by atoms with Crippen LogP contribution in [0.2, 0.25) is 0 Å². The van der Waals surface area contributed by atoms with Crippen molar-refractivity contribution in [2.75, 3.05) is 13.6 Å². The SMILES string of the molecule is C[C@H](O)C(=O)N[C@@H](CC(=O)OC1=CC[C@@]2(OC(=O)C[C@H](NC(=O)[C@H](C)O)C(=O)O)[C@H]3Cc4ccc(O)c5c4[C@@]2(CCN3C)[C@H]1O5)C(=O)O. The highest BCUT2D eigenvalue weighted by molar-refractivity contribution is 5.90. The van der Waals surface area contributed by atoms with E-state index in [1.807, 2.05) is 11.9 Å². The van der Waals surface area contributed by atoms with Crippen LogP contribution in [0, 0.1) is 0 Å². The van der Waals surface area contributed by atoms with Gasteiger partial charge in [-0.05, 0) is 58.0 Å². The van der Waals surface area contributed by atoms with Gasteiger partial charge in [0.05, 0.1) is 24.3 Å². The molecule has 1 aromatic carbocycles. The van der Waals surface area contributed by atoms with Crippen LogP contribution in [0.3, 0.4) is 0 Å². The number of ether oxygens (including phenoxy) is 3. The summed E-state index contributed by atoms with van der Waals surface area (Å²) in [5.74, 6) is -7.29. The number of hydrogen-bond donors (Lipinski definition) is 7. The fraction of sp³-hybridized carbons (Fsp3) is 0.548. The molecule has 0 radical (unpaired) electrons. The number of benzene rings is 1. The maximum Gasteiger partial charge on any atom is 0.326 e. The van der Waals surface area contributed by atoms with Gasteiger partial charge in [0.1, 0.15) is 35.7 Å². The van der Waals surface area contributed by atoms with Gasteiger partial charge in [-0.15, -0.1) is 0 Å². The molecule has 2 aliphatic heterocycles. The number of aliphatic hydroxyl groups is 2. The Labute approximate surface area is 273 Å². The van der Waals surface area contributed by atoms with Crippen LogP contribution in [-0.2, 0) is 50.1 Å². The number of carbonyl (C=O) groups is 6. The Morgan fingerprint density at radius 3 is 2.12 bits per heavy atom. The molecular formula is C31H37N3O14. The molecule has 1 saturated heterocycles. The number of hydrogen-bond acceptors (Lipinski definition) is 13. The second-order valence-corrected chi connectivity index (χ2v) is 12.6. The van der Waals surface area contributed by atoms with Crippen molar-refractivity contribution >= 4 is 35.7 Å². The second kappa shape index (κ2) is 12.7. The largest absolute Gasteiger partial charge is 0.504 e. The number of aliphatic carboxylic acids is 2. The van der Waals surface area contributed by atoms with Crippen molar-refractivity contribution in [1.29, 1.82) is 0 Å². The summed E-state index contributed by atoms with van der Waals surface area (Å²) in [5, 5.41) is 53.4. The van der Waals surface area contributed by atoms with Crippen LogP contribution in [0.1, 0.15) is 50.7 Å². The van der Waals surface area contributed by atoms with Crippen molar-refractivity contribution in [3.8, 4) is 11.5 Å². The zero-order valence-electron chi connectivity index (χ0n) is 26.3. The van der Waals surface area contributed by atoms with Crippen LogP contribution in [0.15, 0.2) is 24.0 Å². The van der Waals surface area contributed by atoms with Crippen molar-refractivity contribution in [1.82, 2.24) is 15.5 Å². The number of likely N-dealkylation sites (N-methyl/N-ethyl adjacent to an activating group) is 1. The molecule has 0 unspecified atom stereocenters. The number of carboxylic acids is 2. The van der Waals surface area contributed by atoms with E-state index >= 15 is 0 Å². The number of carbonyl (C=O) groups excluding carboxylic acids is 4. The minimum atomic E-state index is -1.72. The number of carboxylic acid groups (broad SMARTS) is 2. The lowest BCUT2D eigenvalue weighted by Crippen LogP contribution is -2.75. The van der Waals surface area contributed by atoms with Crippen LogP contribution in [0.4, 0.5) is 0 Å². The van der Waals surface area contributed by atoms with E-state index < -0.39 is 96.0 Å². The van der Waals surface area contributed by atoms with Crippen molar-refractivity contribution in [3.63, 3.8) is 0 Å². The van der Waals surface area contributed by atoms with Gasteiger partial charge in [0.25, 0.3) is 0 Å². The Bertz CT molecular complexity index is 1590. The van der Waals surface area contributed by atoms with Gasteiger partial charge in [-0.1, -0.05) is 6.07 Å². The molecule has 48 heavy (non-hydrogen) atoms. The number of amides is 2. The maximum atomic E-state index is 13.6.